The van der Waals surface area contributed by atoms with Gasteiger partial charge in [0.25, 0.3) is 5.56 Å². The third-order valence-electron chi connectivity index (χ3n) is 8.53. The highest BCUT2D eigenvalue weighted by molar-refractivity contribution is 7.61. The van der Waals surface area contributed by atoms with Crippen LogP contribution in [-0.4, -0.2) is 45.1 Å². The van der Waals surface area contributed by atoms with E-state index in [1.165, 1.54) is 61.7 Å². The van der Waals surface area contributed by atoms with Gasteiger partial charge in [-0.05, 0) is 72.1 Å². The van der Waals surface area contributed by atoms with Crippen molar-refractivity contribution < 1.29 is 55.7 Å². The minimum absolute atomic E-state index is 0.0702. The summed E-state index contributed by atoms with van der Waals surface area (Å²) in [5.74, 6) is -0.792. The summed E-state index contributed by atoms with van der Waals surface area (Å²) in [5, 5.41) is 3.64. The number of azide groups is 1. The Kier molecular flexibility index (Phi) is 13.9. The van der Waals surface area contributed by atoms with Crippen LogP contribution in [-0.2, 0) is 45.0 Å². The Bertz CT molecular complexity index is 2430. The quantitative estimate of drug-likeness (QED) is 0.0240. The van der Waals surface area contributed by atoms with E-state index < -0.39 is 77.0 Å². The van der Waals surface area contributed by atoms with Crippen molar-refractivity contribution in [3.05, 3.63) is 174 Å². The van der Waals surface area contributed by atoms with Gasteiger partial charge >= 0.3 is 33.3 Å². The fourth-order valence-electron chi connectivity index (χ4n) is 5.52. The highest BCUT2D eigenvalue weighted by Crippen LogP contribution is 2.64. The van der Waals surface area contributed by atoms with Gasteiger partial charge in [-0.2, -0.15) is 4.31 Å². The number of nitrogens with zero attached hydrogens (tertiary/aromatic N) is 4. The van der Waals surface area contributed by atoms with Crippen LogP contribution in [0.4, 0.5) is 0 Å². The van der Waals surface area contributed by atoms with Crippen LogP contribution in [0.5, 0.6) is 11.5 Å². The summed E-state index contributed by atoms with van der Waals surface area (Å²) in [6, 6.07) is 27.4. The standard InChI is InChI=1S/C38H35N5O14P2/c1-25-21-43(38(47)40-35(25)44)34-20-32(41-42-39)33(56-34)24-51-58(48,49)57-59(50,52-22-26-12-16-30(17-13-26)54-36(45)28-8-4-2-5-9-28)53-23-27-14-18-31(19-15-27)55-37(46)29-10-6-3-7-11-29/h2-19,21,32-34H,20,22-24H2,1H3,(H,48,49)(H,40,44,47)/t32?,33-,34-/m1/s1. The Balaban J connectivity index is 1.13. The molecule has 6 rings (SSSR count). The van der Waals surface area contributed by atoms with Crippen LogP contribution in [0.25, 0.3) is 10.4 Å². The first-order valence-electron chi connectivity index (χ1n) is 17.6. The summed E-state index contributed by atoms with van der Waals surface area (Å²) in [6.45, 7) is -0.261. The molecule has 1 aromatic heterocycles. The Labute approximate surface area is 334 Å². The normalized spacial score (nSPS) is 17.4. The third kappa shape index (κ3) is 11.8. The first-order valence-corrected chi connectivity index (χ1v) is 20.6. The molecule has 21 heteroatoms. The van der Waals surface area contributed by atoms with Crippen LogP contribution in [0, 0.1) is 6.92 Å². The first kappa shape index (κ1) is 42.6. The average molecular weight is 848 g/mol. The Morgan fingerprint density at radius 1 is 0.831 bits per heavy atom. The largest absolute Gasteiger partial charge is 0.484 e. The monoisotopic (exact) mass is 847 g/mol. The average Bonchev–Trinajstić information content (AvgIpc) is 3.63. The molecule has 19 nitrogen and oxygen atoms in total. The van der Waals surface area contributed by atoms with Crippen molar-refractivity contribution in [2.24, 2.45) is 5.11 Å². The maximum Gasteiger partial charge on any atom is 0.484 e. The van der Waals surface area contributed by atoms with Crippen molar-refractivity contribution in [2.75, 3.05) is 6.61 Å². The van der Waals surface area contributed by atoms with Crippen molar-refractivity contribution >= 4 is 27.6 Å². The minimum Gasteiger partial charge on any atom is -0.423 e. The van der Waals surface area contributed by atoms with Gasteiger partial charge in [0, 0.05) is 23.1 Å². The number of H-pyrrole nitrogens is 1. The van der Waals surface area contributed by atoms with Gasteiger partial charge in [0.1, 0.15) is 17.7 Å². The van der Waals surface area contributed by atoms with E-state index in [1.807, 2.05) is 0 Å². The van der Waals surface area contributed by atoms with Gasteiger partial charge < -0.3 is 19.1 Å². The Morgan fingerprint density at radius 3 is 1.83 bits per heavy atom. The molecule has 4 aromatic carbocycles. The Hall–Kier alpha value is -5.97. The number of benzene rings is 4. The van der Waals surface area contributed by atoms with Crippen molar-refractivity contribution in [3.63, 3.8) is 0 Å². The first-order chi connectivity index (χ1) is 28.3. The lowest BCUT2D eigenvalue weighted by molar-refractivity contribution is -0.0271. The minimum atomic E-state index is -5.34. The van der Waals surface area contributed by atoms with E-state index in [-0.39, 0.29) is 23.5 Å². The van der Waals surface area contributed by atoms with Gasteiger partial charge in [-0.1, -0.05) is 65.8 Å². The molecule has 1 fully saturated rings. The number of hydrogen-bond acceptors (Lipinski definition) is 14. The van der Waals surface area contributed by atoms with E-state index in [1.54, 1.807) is 60.7 Å². The molecule has 0 amide bonds. The van der Waals surface area contributed by atoms with Gasteiger partial charge in [-0.15, -0.1) is 0 Å². The molecule has 59 heavy (non-hydrogen) atoms. The molecular formula is C38H35N5O14P2. The number of aromatic amines is 1. The second kappa shape index (κ2) is 19.2. The SMILES string of the molecule is Cc1cn([C@H]2CC(N=[N+]=[N-])[C@@H](COP(=O)(O)OP(=O)(OCc3ccc(OC(=O)c4ccccc4)cc3)OCc3ccc(OC(=O)c4ccccc4)cc3)O2)c(=O)[nH]c1=O. The van der Waals surface area contributed by atoms with Crippen LogP contribution in [0.3, 0.4) is 0 Å². The molecule has 0 spiro atoms. The van der Waals surface area contributed by atoms with Crippen LogP contribution in [0.15, 0.2) is 130 Å². The summed E-state index contributed by atoms with van der Waals surface area (Å²) in [4.78, 5) is 64.9. The number of aryl methyl sites for hydroxylation is 1. The van der Waals surface area contributed by atoms with Gasteiger partial charge in [0.2, 0.25) is 0 Å². The van der Waals surface area contributed by atoms with Gasteiger partial charge in [0.05, 0.1) is 43.1 Å². The molecule has 5 aromatic rings. The molecule has 1 aliphatic rings. The second-order valence-electron chi connectivity index (χ2n) is 12.8. The third-order valence-corrected chi connectivity index (χ3v) is 11.5. The number of ether oxygens (including phenoxy) is 3. The number of phosphoric ester groups is 2. The maximum absolute atomic E-state index is 14.0. The molecule has 306 valence electrons. The molecular weight excluding hydrogens is 812 g/mol. The number of nitrogens with one attached hydrogen (secondary N) is 1. The number of aromatic nitrogens is 2. The lowest BCUT2D eigenvalue weighted by Gasteiger charge is -2.22. The zero-order valence-corrected chi connectivity index (χ0v) is 32.8. The summed E-state index contributed by atoms with van der Waals surface area (Å²) in [5.41, 5.74) is 9.32. The number of rotatable bonds is 17. The van der Waals surface area contributed by atoms with Gasteiger partial charge in [0.15, 0.2) is 0 Å². The number of hydrogen-bond donors (Lipinski definition) is 2. The molecule has 2 N–H and O–H groups in total. The smallest absolute Gasteiger partial charge is 0.423 e. The lowest BCUT2D eigenvalue weighted by Crippen LogP contribution is -2.33. The van der Waals surface area contributed by atoms with Crippen molar-refractivity contribution in [1.82, 2.24) is 9.55 Å². The molecule has 0 aliphatic carbocycles. The van der Waals surface area contributed by atoms with Gasteiger partial charge in [-0.25, -0.2) is 23.5 Å². The number of esters is 2. The molecule has 0 radical (unpaired) electrons. The fourth-order valence-corrected chi connectivity index (χ4v) is 8.12. The highest BCUT2D eigenvalue weighted by Gasteiger charge is 2.42. The molecule has 1 saturated heterocycles. The number of carbonyl (C=O) groups is 2. The van der Waals surface area contributed by atoms with E-state index >= 15 is 0 Å². The molecule has 0 bridgehead atoms. The molecule has 2 heterocycles. The van der Waals surface area contributed by atoms with Crippen LogP contribution >= 0.6 is 15.6 Å². The van der Waals surface area contributed by atoms with E-state index in [0.717, 1.165) is 4.57 Å². The summed E-state index contributed by atoms with van der Waals surface area (Å²) < 4.78 is 66.1. The van der Waals surface area contributed by atoms with Crippen LogP contribution < -0.4 is 20.7 Å². The van der Waals surface area contributed by atoms with Crippen LogP contribution in [0.2, 0.25) is 0 Å². The zero-order chi connectivity index (χ0) is 42.0. The summed E-state index contributed by atoms with van der Waals surface area (Å²) in [7, 11) is -10.3. The zero-order valence-electron chi connectivity index (χ0n) is 31.0. The molecule has 1 aliphatic heterocycles. The second-order valence-corrected chi connectivity index (χ2v) is 16.0. The van der Waals surface area contributed by atoms with Crippen molar-refractivity contribution in [3.8, 4) is 11.5 Å². The van der Waals surface area contributed by atoms with Crippen LogP contribution in [0.1, 0.15) is 50.1 Å². The van der Waals surface area contributed by atoms with Gasteiger partial charge in [-0.3, -0.25) is 27.9 Å². The van der Waals surface area contributed by atoms with Crippen molar-refractivity contribution in [2.45, 2.75) is 44.9 Å². The molecule has 4 atom stereocenters. The van der Waals surface area contributed by atoms with E-state index in [2.05, 4.69) is 15.0 Å². The maximum atomic E-state index is 14.0. The lowest BCUT2D eigenvalue weighted by atomic mass is 10.1. The van der Waals surface area contributed by atoms with E-state index in [4.69, 9.17) is 37.6 Å². The summed E-state index contributed by atoms with van der Waals surface area (Å²) >= 11 is 0. The Morgan fingerprint density at radius 2 is 1.34 bits per heavy atom. The molecule has 0 saturated carbocycles. The van der Waals surface area contributed by atoms with Crippen molar-refractivity contribution in [1.29, 1.82) is 0 Å². The fraction of sp³-hybridized carbons (Fsp3) is 0.211. The number of phosphoric acid groups is 2. The van der Waals surface area contributed by atoms with E-state index in [9.17, 15) is 33.2 Å². The predicted molar refractivity (Wildman–Crippen MR) is 207 cm³/mol. The topological polar surface area (TPSA) is 257 Å². The number of carbonyl (C=O) groups excluding carboxylic acids is 2. The highest BCUT2D eigenvalue weighted by atomic mass is 31.3. The summed E-state index contributed by atoms with van der Waals surface area (Å²) in [6.07, 6.45) is -1.08. The molecule has 2 unspecified atom stereocenters. The predicted octanol–water partition coefficient (Wildman–Crippen LogP) is 6.93. The van der Waals surface area contributed by atoms with E-state index in [0.29, 0.717) is 22.3 Å².